The number of nitrogens with one attached hydrogen (secondary N) is 2. The molecule has 1 aliphatic carbocycles. The SMILES string of the molecule is CNc1cc(C(=O)NC2CCC(C)(C)C2)cc(Cl)n1. The third-order valence-corrected chi connectivity index (χ3v) is 3.81. The molecule has 1 saturated carbocycles. The molecule has 19 heavy (non-hydrogen) atoms. The molecule has 104 valence electrons. The lowest BCUT2D eigenvalue weighted by atomic mass is 9.92. The van der Waals surface area contributed by atoms with Crippen molar-refractivity contribution in [2.45, 2.75) is 39.2 Å². The third kappa shape index (κ3) is 3.60. The van der Waals surface area contributed by atoms with E-state index < -0.39 is 0 Å². The van der Waals surface area contributed by atoms with Gasteiger partial charge in [-0.2, -0.15) is 0 Å². The number of rotatable bonds is 3. The minimum atomic E-state index is -0.0801. The van der Waals surface area contributed by atoms with Crippen molar-refractivity contribution in [3.05, 3.63) is 22.8 Å². The van der Waals surface area contributed by atoms with Crippen LogP contribution in [0.25, 0.3) is 0 Å². The van der Waals surface area contributed by atoms with Crippen molar-refractivity contribution >= 4 is 23.3 Å². The minimum Gasteiger partial charge on any atom is -0.373 e. The Morgan fingerprint density at radius 2 is 2.21 bits per heavy atom. The van der Waals surface area contributed by atoms with E-state index in [1.807, 2.05) is 0 Å². The Labute approximate surface area is 118 Å². The number of amides is 1. The summed E-state index contributed by atoms with van der Waals surface area (Å²) in [6.07, 6.45) is 3.21. The summed E-state index contributed by atoms with van der Waals surface area (Å²) < 4.78 is 0. The Morgan fingerprint density at radius 1 is 1.47 bits per heavy atom. The van der Waals surface area contributed by atoms with Gasteiger partial charge in [0.1, 0.15) is 11.0 Å². The summed E-state index contributed by atoms with van der Waals surface area (Å²) in [6.45, 7) is 4.48. The van der Waals surface area contributed by atoms with Gasteiger partial charge in [-0.1, -0.05) is 25.4 Å². The number of carbonyl (C=O) groups excluding carboxylic acids is 1. The maximum atomic E-state index is 12.2. The molecule has 0 radical (unpaired) electrons. The lowest BCUT2D eigenvalue weighted by Crippen LogP contribution is -2.33. The number of hydrogen-bond acceptors (Lipinski definition) is 3. The van der Waals surface area contributed by atoms with Gasteiger partial charge in [0.25, 0.3) is 5.91 Å². The van der Waals surface area contributed by atoms with Gasteiger partial charge in [-0.25, -0.2) is 4.98 Å². The summed E-state index contributed by atoms with van der Waals surface area (Å²) in [5, 5.41) is 6.29. The molecule has 1 aliphatic rings. The second kappa shape index (κ2) is 5.37. The third-order valence-electron chi connectivity index (χ3n) is 3.62. The summed E-state index contributed by atoms with van der Waals surface area (Å²) in [5.41, 5.74) is 0.873. The fourth-order valence-corrected chi connectivity index (χ4v) is 2.79. The van der Waals surface area contributed by atoms with E-state index in [-0.39, 0.29) is 11.9 Å². The highest BCUT2D eigenvalue weighted by Crippen LogP contribution is 2.37. The van der Waals surface area contributed by atoms with Crippen LogP contribution in [-0.4, -0.2) is 24.0 Å². The van der Waals surface area contributed by atoms with Crippen LogP contribution in [0.15, 0.2) is 12.1 Å². The number of carbonyl (C=O) groups is 1. The number of aromatic nitrogens is 1. The maximum Gasteiger partial charge on any atom is 0.251 e. The van der Waals surface area contributed by atoms with Gasteiger partial charge in [0.15, 0.2) is 0 Å². The quantitative estimate of drug-likeness (QED) is 0.837. The molecule has 1 unspecified atom stereocenters. The highest BCUT2D eigenvalue weighted by atomic mass is 35.5. The normalized spacial score (nSPS) is 21.2. The molecule has 1 fully saturated rings. The van der Waals surface area contributed by atoms with Gasteiger partial charge >= 0.3 is 0 Å². The number of hydrogen-bond donors (Lipinski definition) is 2. The minimum absolute atomic E-state index is 0.0801. The average Bonchev–Trinajstić information content (AvgIpc) is 2.67. The zero-order valence-electron chi connectivity index (χ0n) is 11.6. The number of pyridine rings is 1. The second-order valence-electron chi connectivity index (χ2n) is 5.89. The first-order valence-electron chi connectivity index (χ1n) is 6.56. The molecule has 1 aromatic heterocycles. The topological polar surface area (TPSA) is 54.0 Å². The molecule has 4 nitrogen and oxygen atoms in total. The Kier molecular flexibility index (Phi) is 3.99. The van der Waals surface area contributed by atoms with Crippen molar-refractivity contribution in [2.24, 2.45) is 5.41 Å². The lowest BCUT2D eigenvalue weighted by Gasteiger charge is -2.18. The molecule has 1 aromatic rings. The van der Waals surface area contributed by atoms with Gasteiger partial charge in [-0.3, -0.25) is 4.79 Å². The first-order chi connectivity index (χ1) is 8.89. The van der Waals surface area contributed by atoms with Crippen LogP contribution in [0, 0.1) is 5.41 Å². The molecular formula is C14H20ClN3O. The predicted molar refractivity (Wildman–Crippen MR) is 77.7 cm³/mol. The van der Waals surface area contributed by atoms with Gasteiger partial charge in [-0.05, 0) is 36.8 Å². The van der Waals surface area contributed by atoms with Crippen molar-refractivity contribution in [2.75, 3.05) is 12.4 Å². The number of nitrogens with zero attached hydrogens (tertiary/aromatic N) is 1. The van der Waals surface area contributed by atoms with Crippen molar-refractivity contribution in [1.29, 1.82) is 0 Å². The summed E-state index contributed by atoms with van der Waals surface area (Å²) in [7, 11) is 1.75. The van der Waals surface area contributed by atoms with Gasteiger partial charge in [0.2, 0.25) is 0 Å². The lowest BCUT2D eigenvalue weighted by molar-refractivity contribution is 0.0936. The van der Waals surface area contributed by atoms with Crippen LogP contribution in [0.3, 0.4) is 0 Å². The van der Waals surface area contributed by atoms with E-state index in [9.17, 15) is 4.79 Å². The van der Waals surface area contributed by atoms with Crippen LogP contribution in [0.4, 0.5) is 5.82 Å². The Bertz CT molecular complexity index is 488. The molecule has 1 heterocycles. The fraction of sp³-hybridized carbons (Fsp3) is 0.571. The van der Waals surface area contributed by atoms with E-state index in [0.29, 0.717) is 21.9 Å². The van der Waals surface area contributed by atoms with Gasteiger partial charge in [0, 0.05) is 18.7 Å². The molecule has 0 saturated heterocycles. The second-order valence-corrected chi connectivity index (χ2v) is 6.28. The van der Waals surface area contributed by atoms with Crippen LogP contribution < -0.4 is 10.6 Å². The molecule has 0 aromatic carbocycles. The highest BCUT2D eigenvalue weighted by Gasteiger charge is 2.31. The first kappa shape index (κ1) is 14.1. The van der Waals surface area contributed by atoms with E-state index in [4.69, 9.17) is 11.6 Å². The van der Waals surface area contributed by atoms with Gasteiger partial charge in [0.05, 0.1) is 0 Å². The molecule has 1 atom stereocenters. The molecule has 2 rings (SSSR count). The molecule has 2 N–H and O–H groups in total. The van der Waals surface area contributed by atoms with Crippen LogP contribution in [-0.2, 0) is 0 Å². The van der Waals surface area contributed by atoms with Crippen molar-refractivity contribution in [3.63, 3.8) is 0 Å². The summed E-state index contributed by atoms with van der Waals surface area (Å²) in [6, 6.07) is 3.56. The maximum absolute atomic E-state index is 12.2. The van der Waals surface area contributed by atoms with Crippen molar-refractivity contribution < 1.29 is 4.79 Å². The van der Waals surface area contributed by atoms with Crippen LogP contribution in [0.5, 0.6) is 0 Å². The van der Waals surface area contributed by atoms with Crippen LogP contribution in [0.2, 0.25) is 5.15 Å². The summed E-state index contributed by atoms with van der Waals surface area (Å²) in [5.74, 6) is 0.521. The summed E-state index contributed by atoms with van der Waals surface area (Å²) in [4.78, 5) is 16.3. The highest BCUT2D eigenvalue weighted by molar-refractivity contribution is 6.29. The molecule has 0 aliphatic heterocycles. The van der Waals surface area contributed by atoms with E-state index in [1.165, 1.54) is 0 Å². The van der Waals surface area contributed by atoms with E-state index in [0.717, 1.165) is 19.3 Å². The van der Waals surface area contributed by atoms with Crippen LogP contribution in [0.1, 0.15) is 43.5 Å². The van der Waals surface area contributed by atoms with Gasteiger partial charge < -0.3 is 10.6 Å². The van der Waals surface area contributed by atoms with E-state index in [2.05, 4.69) is 29.5 Å². The first-order valence-corrected chi connectivity index (χ1v) is 6.94. The van der Waals surface area contributed by atoms with Crippen molar-refractivity contribution in [3.8, 4) is 0 Å². The average molecular weight is 282 g/mol. The Morgan fingerprint density at radius 3 is 2.79 bits per heavy atom. The molecular weight excluding hydrogens is 262 g/mol. The van der Waals surface area contributed by atoms with E-state index >= 15 is 0 Å². The van der Waals surface area contributed by atoms with Crippen molar-refractivity contribution in [1.82, 2.24) is 10.3 Å². The zero-order chi connectivity index (χ0) is 14.0. The van der Waals surface area contributed by atoms with Gasteiger partial charge in [-0.15, -0.1) is 0 Å². The molecule has 1 amide bonds. The molecule has 0 bridgehead atoms. The Hall–Kier alpha value is -1.29. The zero-order valence-corrected chi connectivity index (χ0v) is 12.3. The predicted octanol–water partition coefficient (Wildman–Crippen LogP) is 3.09. The standard InChI is InChI=1S/C14H20ClN3O/c1-14(2)5-4-10(8-14)17-13(19)9-6-11(15)18-12(7-9)16-3/h6-7,10H,4-5,8H2,1-3H3,(H,16,18)(H,17,19). The van der Waals surface area contributed by atoms with Crippen LogP contribution >= 0.6 is 11.6 Å². The molecule has 5 heteroatoms. The largest absolute Gasteiger partial charge is 0.373 e. The molecule has 0 spiro atoms. The smallest absolute Gasteiger partial charge is 0.251 e. The van der Waals surface area contributed by atoms with E-state index in [1.54, 1.807) is 19.2 Å². The number of anilines is 1. The number of halogens is 1. The Balaban J connectivity index is 2.06. The fourth-order valence-electron chi connectivity index (χ4n) is 2.58. The summed E-state index contributed by atoms with van der Waals surface area (Å²) >= 11 is 5.90. The monoisotopic (exact) mass is 281 g/mol.